The first-order chi connectivity index (χ1) is 24.7. The Morgan fingerprint density at radius 3 is 2.18 bits per heavy atom. The van der Waals surface area contributed by atoms with Gasteiger partial charge in [0.15, 0.2) is 0 Å². The molecule has 9 aliphatic carbocycles. The molecule has 0 radical (unpaired) electrons. The molecule has 4 heteroatoms. The molecule has 11 rings (SSSR count). The fraction of sp³-hybridized carbons (Fsp3) is 0.978. The second-order valence-electron chi connectivity index (χ2n) is 21.4. The van der Waals surface area contributed by atoms with Crippen molar-refractivity contribution in [2.75, 3.05) is 0 Å². The van der Waals surface area contributed by atoms with Gasteiger partial charge in [0, 0.05) is 30.0 Å². The molecule has 2 N–H and O–H groups in total. The minimum Gasteiger partial charge on any atom is -0.358 e. The summed E-state index contributed by atoms with van der Waals surface area (Å²) in [7, 11) is 0. The van der Waals surface area contributed by atoms with E-state index in [1.165, 1.54) is 115 Å². The second-order valence-corrected chi connectivity index (χ2v) is 21.4. The lowest BCUT2D eigenvalue weighted by Crippen LogP contribution is -2.64. The van der Waals surface area contributed by atoms with E-state index in [0.29, 0.717) is 23.7 Å². The molecular weight excluding hydrogens is 609 g/mol. The molecule has 4 nitrogen and oxygen atoms in total. The minimum atomic E-state index is 0.366. The number of hydrogen-bond acceptors (Lipinski definition) is 4. The number of aliphatic imine (C=N–C) groups is 1. The molecule has 0 aromatic carbocycles. The zero-order valence-electron chi connectivity index (χ0n) is 32.1. The Bertz CT molecular complexity index is 1270. The van der Waals surface area contributed by atoms with Gasteiger partial charge in [0.05, 0.1) is 6.17 Å². The van der Waals surface area contributed by atoms with Gasteiger partial charge in [-0.25, -0.2) is 0 Å². The maximum absolute atomic E-state index is 5.65. The molecule has 0 aromatic heterocycles. The van der Waals surface area contributed by atoms with Crippen molar-refractivity contribution >= 4 is 5.84 Å². The van der Waals surface area contributed by atoms with Gasteiger partial charge in [-0.15, -0.1) is 0 Å². The Hall–Kier alpha value is -0.610. The van der Waals surface area contributed by atoms with Crippen molar-refractivity contribution in [3.05, 3.63) is 0 Å². The van der Waals surface area contributed by atoms with Crippen LogP contribution in [0.5, 0.6) is 0 Å². The van der Waals surface area contributed by atoms with Crippen LogP contribution in [0.25, 0.3) is 0 Å². The summed E-state index contributed by atoms with van der Waals surface area (Å²) >= 11 is 0. The highest BCUT2D eigenvalue weighted by Gasteiger charge is 2.69. The van der Waals surface area contributed by atoms with Crippen molar-refractivity contribution in [1.29, 1.82) is 0 Å². The first kappa shape index (κ1) is 32.8. The van der Waals surface area contributed by atoms with Crippen molar-refractivity contribution < 1.29 is 0 Å². The molecule has 10 fully saturated rings. The van der Waals surface area contributed by atoms with Gasteiger partial charge in [-0.1, -0.05) is 90.4 Å². The Morgan fingerprint density at radius 2 is 1.30 bits per heavy atom. The molecule has 16 atom stereocenters. The highest BCUT2D eigenvalue weighted by Crippen LogP contribution is 2.71. The normalized spacial score (nSPS) is 53.9. The van der Waals surface area contributed by atoms with Crippen LogP contribution in [0.2, 0.25) is 0 Å². The van der Waals surface area contributed by atoms with E-state index in [-0.39, 0.29) is 0 Å². The third-order valence-electron chi connectivity index (χ3n) is 19.6. The van der Waals surface area contributed by atoms with E-state index in [1.54, 1.807) is 57.8 Å². The van der Waals surface area contributed by atoms with Crippen LogP contribution in [0.3, 0.4) is 0 Å². The van der Waals surface area contributed by atoms with Gasteiger partial charge in [-0.3, -0.25) is 15.2 Å². The first-order valence-electron chi connectivity index (χ1n) is 23.5. The Balaban J connectivity index is 0.988. The summed E-state index contributed by atoms with van der Waals surface area (Å²) in [6, 6.07) is 2.56. The molecule has 1 saturated heterocycles. The highest BCUT2D eigenvalue weighted by atomic mass is 15.3. The fourth-order valence-corrected chi connectivity index (χ4v) is 18.1. The molecule has 0 amide bonds. The topological polar surface area (TPSA) is 39.7 Å². The smallest absolute Gasteiger partial charge is 0.106 e. The van der Waals surface area contributed by atoms with Crippen LogP contribution in [0.4, 0.5) is 0 Å². The zero-order valence-corrected chi connectivity index (χ0v) is 32.1. The van der Waals surface area contributed by atoms with Gasteiger partial charge in [-0.2, -0.15) is 0 Å². The summed E-state index contributed by atoms with van der Waals surface area (Å²) in [5, 5.41) is 8.76. The molecule has 0 bridgehead atoms. The number of likely N-dealkylation sites (tertiary alicyclic amines) is 1. The van der Waals surface area contributed by atoms with Gasteiger partial charge in [0.1, 0.15) is 12.0 Å². The van der Waals surface area contributed by atoms with E-state index in [0.717, 1.165) is 83.2 Å². The van der Waals surface area contributed by atoms with Gasteiger partial charge in [-0.05, 0) is 148 Å². The number of rotatable bonds is 4. The average molecular weight is 683 g/mol. The van der Waals surface area contributed by atoms with Crippen LogP contribution in [0.1, 0.15) is 174 Å². The lowest BCUT2D eigenvalue weighted by molar-refractivity contribution is -0.0575. The summed E-state index contributed by atoms with van der Waals surface area (Å²) in [5.74, 6) is 12.9. The van der Waals surface area contributed by atoms with Crippen molar-refractivity contribution in [1.82, 2.24) is 15.5 Å². The van der Waals surface area contributed by atoms with Gasteiger partial charge >= 0.3 is 0 Å². The maximum Gasteiger partial charge on any atom is 0.106 e. The van der Waals surface area contributed by atoms with Crippen LogP contribution in [-0.4, -0.2) is 41.2 Å². The van der Waals surface area contributed by atoms with Crippen LogP contribution in [-0.2, 0) is 0 Å². The average Bonchev–Trinajstić information content (AvgIpc) is 3.91. The molecule has 11 aliphatic rings. The molecule has 2 heterocycles. The number of amidine groups is 1. The SMILES string of the molecule is CC12CCCC3C1C1C4C(CCC[C@H]4C4CCCCC42)CCC1N3C1C2CCCCC2CC1C1NC(C2CCCC2)=NC(C2CCCCC2)N1. The van der Waals surface area contributed by atoms with E-state index in [4.69, 9.17) is 4.99 Å². The highest BCUT2D eigenvalue weighted by molar-refractivity contribution is 5.85. The van der Waals surface area contributed by atoms with Gasteiger partial charge in [0.2, 0.25) is 0 Å². The Kier molecular flexibility index (Phi) is 8.53. The largest absolute Gasteiger partial charge is 0.358 e. The summed E-state index contributed by atoms with van der Waals surface area (Å²) < 4.78 is 0. The molecular formula is C46H74N4. The zero-order chi connectivity index (χ0) is 33.0. The lowest BCUT2D eigenvalue weighted by atomic mass is 9.52. The van der Waals surface area contributed by atoms with Crippen LogP contribution in [0, 0.1) is 76.4 Å². The van der Waals surface area contributed by atoms with Crippen molar-refractivity contribution in [3.8, 4) is 0 Å². The van der Waals surface area contributed by atoms with Crippen LogP contribution >= 0.6 is 0 Å². The molecule has 9 saturated carbocycles. The fourth-order valence-electron chi connectivity index (χ4n) is 18.1. The van der Waals surface area contributed by atoms with Crippen molar-refractivity contribution in [3.63, 3.8) is 0 Å². The molecule has 2 aliphatic heterocycles. The predicted octanol–water partition coefficient (Wildman–Crippen LogP) is 10.3. The van der Waals surface area contributed by atoms with E-state index in [1.807, 2.05) is 0 Å². The minimum absolute atomic E-state index is 0.366. The molecule has 0 aromatic rings. The molecule has 0 spiro atoms. The monoisotopic (exact) mass is 683 g/mol. The molecule has 15 unspecified atom stereocenters. The first-order valence-corrected chi connectivity index (χ1v) is 23.5. The van der Waals surface area contributed by atoms with Crippen molar-refractivity contribution in [2.24, 2.45) is 81.4 Å². The number of nitrogens with one attached hydrogen (secondary N) is 2. The second kappa shape index (κ2) is 13.0. The van der Waals surface area contributed by atoms with Gasteiger partial charge < -0.3 is 5.32 Å². The third-order valence-corrected chi connectivity index (χ3v) is 19.6. The van der Waals surface area contributed by atoms with E-state index < -0.39 is 0 Å². The number of hydrogen-bond donors (Lipinski definition) is 2. The standard InChI is InChI=1S/C46H74N4/c1-46-26-12-23-38-41(46)40-37(25-24-28-18-11-21-34(39(28)40)33-20-9-10-22-36(33)46)50(38)42-32-19-8-7-17-31(32)27-35(42)45-48-43(29-13-3-2-4-14-29)47-44(49-45)30-15-5-6-16-30/h28-43,45,48H,2-27H2,1H3,(H,47,49)/t28?,31?,32?,33?,34-,35?,36?,37?,38?,39?,40?,41?,42?,43?,45?,46?/m0/s1. The van der Waals surface area contributed by atoms with E-state index >= 15 is 0 Å². The summed E-state index contributed by atoms with van der Waals surface area (Å²) in [4.78, 5) is 9.17. The van der Waals surface area contributed by atoms with E-state index in [2.05, 4.69) is 22.5 Å². The predicted molar refractivity (Wildman–Crippen MR) is 205 cm³/mol. The Morgan fingerprint density at radius 1 is 0.580 bits per heavy atom. The Labute approximate surface area is 306 Å². The summed E-state index contributed by atoms with van der Waals surface area (Å²) in [6.45, 7) is 2.94. The maximum atomic E-state index is 5.65. The summed E-state index contributed by atoms with van der Waals surface area (Å²) in [6.07, 6.45) is 39.7. The van der Waals surface area contributed by atoms with Crippen LogP contribution < -0.4 is 10.6 Å². The van der Waals surface area contributed by atoms with Gasteiger partial charge in [0.25, 0.3) is 0 Å². The number of nitrogens with zero attached hydrogens (tertiary/aromatic N) is 2. The summed E-state index contributed by atoms with van der Waals surface area (Å²) in [5.41, 5.74) is 0.598. The van der Waals surface area contributed by atoms with Crippen LogP contribution in [0.15, 0.2) is 4.99 Å². The molecule has 50 heavy (non-hydrogen) atoms. The molecule has 278 valence electrons. The van der Waals surface area contributed by atoms with Crippen molar-refractivity contribution in [2.45, 2.75) is 204 Å². The van der Waals surface area contributed by atoms with E-state index in [9.17, 15) is 0 Å². The quantitative estimate of drug-likeness (QED) is 0.310. The number of fused-ring (bicyclic) bond motifs is 4. The third kappa shape index (κ3) is 5.03. The lowest BCUT2D eigenvalue weighted by Gasteiger charge is -2.55.